The summed E-state index contributed by atoms with van der Waals surface area (Å²) in [5.74, 6) is 2.40. The lowest BCUT2D eigenvalue weighted by Gasteiger charge is -2.36. The molecular weight excluding hydrogens is 258 g/mol. The molecule has 1 aliphatic rings. The maximum atomic E-state index is 9.18. The lowest BCUT2D eigenvalue weighted by molar-refractivity contribution is 0.167. The molecule has 0 radical (unpaired) electrons. The molecular formula is C18H23N3. The number of aromatic nitrogens is 2. The van der Waals surface area contributed by atoms with Gasteiger partial charge in [0.15, 0.2) is 0 Å². The van der Waals surface area contributed by atoms with Crippen LogP contribution >= 0.6 is 0 Å². The van der Waals surface area contributed by atoms with Crippen LogP contribution in [0.1, 0.15) is 63.8 Å². The summed E-state index contributed by atoms with van der Waals surface area (Å²) in [6.45, 7) is 7.04. The van der Waals surface area contributed by atoms with Crippen molar-refractivity contribution in [1.29, 1.82) is 5.26 Å². The molecule has 3 nitrogen and oxygen atoms in total. The van der Waals surface area contributed by atoms with E-state index in [1.807, 2.05) is 18.2 Å². The summed E-state index contributed by atoms with van der Waals surface area (Å²) >= 11 is 0. The predicted octanol–water partition coefficient (Wildman–Crippen LogP) is 4.75. The van der Waals surface area contributed by atoms with E-state index in [0.29, 0.717) is 16.9 Å². The van der Waals surface area contributed by atoms with Crippen LogP contribution in [0, 0.1) is 22.7 Å². The Morgan fingerprint density at radius 2 is 1.90 bits per heavy atom. The zero-order valence-electron chi connectivity index (χ0n) is 13.1. The first-order valence-corrected chi connectivity index (χ1v) is 7.88. The van der Waals surface area contributed by atoms with Crippen molar-refractivity contribution in [2.45, 2.75) is 52.4 Å². The fraction of sp³-hybridized carbons (Fsp3) is 0.556. The third-order valence-electron chi connectivity index (χ3n) is 4.99. The minimum absolute atomic E-state index is 0.410. The molecule has 0 saturated heterocycles. The number of hydrogen-bond donors (Lipinski definition) is 1. The molecule has 3 rings (SSSR count). The van der Waals surface area contributed by atoms with E-state index in [1.165, 1.54) is 25.7 Å². The number of nitriles is 1. The van der Waals surface area contributed by atoms with Crippen LogP contribution in [0.2, 0.25) is 0 Å². The van der Waals surface area contributed by atoms with Crippen molar-refractivity contribution in [2.24, 2.45) is 11.3 Å². The average Bonchev–Trinajstić information content (AvgIpc) is 2.90. The first-order chi connectivity index (χ1) is 9.99. The molecule has 1 saturated carbocycles. The highest BCUT2D eigenvalue weighted by Gasteiger charge is 2.31. The van der Waals surface area contributed by atoms with Crippen LogP contribution < -0.4 is 0 Å². The van der Waals surface area contributed by atoms with E-state index in [9.17, 15) is 5.26 Å². The van der Waals surface area contributed by atoms with Gasteiger partial charge in [0.2, 0.25) is 0 Å². The number of benzene rings is 1. The van der Waals surface area contributed by atoms with Crippen LogP contribution in [-0.2, 0) is 0 Å². The van der Waals surface area contributed by atoms with Crippen molar-refractivity contribution >= 4 is 11.0 Å². The smallest absolute Gasteiger partial charge is 0.110 e. The van der Waals surface area contributed by atoms with E-state index >= 15 is 0 Å². The van der Waals surface area contributed by atoms with Crippen LogP contribution in [0.15, 0.2) is 18.2 Å². The quantitative estimate of drug-likeness (QED) is 0.819. The van der Waals surface area contributed by atoms with Crippen LogP contribution in [0.25, 0.3) is 11.0 Å². The number of fused-ring (bicyclic) bond motifs is 1. The van der Waals surface area contributed by atoms with Gasteiger partial charge in [0, 0.05) is 5.92 Å². The molecule has 1 aromatic carbocycles. The van der Waals surface area contributed by atoms with Gasteiger partial charge in [0.25, 0.3) is 0 Å². The minimum Gasteiger partial charge on any atom is -0.342 e. The molecule has 1 aromatic heterocycles. The van der Waals surface area contributed by atoms with Gasteiger partial charge in [-0.15, -0.1) is 0 Å². The number of para-hydroxylation sites is 1. The van der Waals surface area contributed by atoms with E-state index in [2.05, 4.69) is 31.8 Å². The molecule has 1 fully saturated rings. The monoisotopic (exact) mass is 281 g/mol. The maximum Gasteiger partial charge on any atom is 0.110 e. The normalized spacial score (nSPS) is 23.1. The Hall–Kier alpha value is -1.82. The lowest BCUT2D eigenvalue weighted by atomic mass is 9.70. The molecule has 0 amide bonds. The van der Waals surface area contributed by atoms with Crippen molar-refractivity contribution in [3.63, 3.8) is 0 Å². The zero-order valence-corrected chi connectivity index (χ0v) is 13.1. The molecule has 1 N–H and O–H groups in total. The summed E-state index contributed by atoms with van der Waals surface area (Å²) in [6, 6.07) is 7.99. The molecule has 2 aromatic rings. The fourth-order valence-corrected chi connectivity index (χ4v) is 3.57. The number of H-pyrrole nitrogens is 1. The van der Waals surface area contributed by atoms with Crippen molar-refractivity contribution in [2.75, 3.05) is 0 Å². The van der Waals surface area contributed by atoms with E-state index in [0.717, 1.165) is 22.8 Å². The molecule has 21 heavy (non-hydrogen) atoms. The van der Waals surface area contributed by atoms with Gasteiger partial charge in [-0.25, -0.2) is 4.98 Å². The number of aromatic amines is 1. The summed E-state index contributed by atoms with van der Waals surface area (Å²) < 4.78 is 0. The van der Waals surface area contributed by atoms with E-state index in [1.54, 1.807) is 0 Å². The first kappa shape index (κ1) is 14.1. The van der Waals surface area contributed by atoms with Gasteiger partial charge in [0.1, 0.15) is 17.4 Å². The van der Waals surface area contributed by atoms with Gasteiger partial charge >= 0.3 is 0 Å². The summed E-state index contributed by atoms with van der Waals surface area (Å²) in [6.07, 6.45) is 4.94. The van der Waals surface area contributed by atoms with Crippen LogP contribution in [0.3, 0.4) is 0 Å². The zero-order chi connectivity index (χ0) is 15.0. The van der Waals surface area contributed by atoms with Gasteiger partial charge in [0.05, 0.1) is 11.1 Å². The summed E-state index contributed by atoms with van der Waals surface area (Å²) in [4.78, 5) is 8.15. The Labute approximate surface area is 126 Å². The predicted molar refractivity (Wildman–Crippen MR) is 85.0 cm³/mol. The fourth-order valence-electron chi connectivity index (χ4n) is 3.57. The molecule has 110 valence electrons. The largest absolute Gasteiger partial charge is 0.342 e. The second-order valence-corrected chi connectivity index (χ2v) is 7.35. The highest BCUT2D eigenvalue weighted by Crippen LogP contribution is 2.42. The van der Waals surface area contributed by atoms with Gasteiger partial charge in [-0.3, -0.25) is 0 Å². The van der Waals surface area contributed by atoms with Gasteiger partial charge in [-0.05, 0) is 49.1 Å². The lowest BCUT2D eigenvalue weighted by Crippen LogP contribution is -2.25. The number of nitrogens with zero attached hydrogens (tertiary/aromatic N) is 2. The minimum atomic E-state index is 0.410. The number of rotatable bonds is 1. The number of imidazole rings is 1. The Balaban J connectivity index is 1.82. The van der Waals surface area contributed by atoms with E-state index < -0.39 is 0 Å². The summed E-state index contributed by atoms with van der Waals surface area (Å²) in [5.41, 5.74) is 2.89. The molecule has 0 bridgehead atoms. The third-order valence-corrected chi connectivity index (χ3v) is 4.99. The highest BCUT2D eigenvalue weighted by molar-refractivity contribution is 5.81. The van der Waals surface area contributed by atoms with Crippen molar-refractivity contribution in [3.8, 4) is 6.07 Å². The standard InChI is InChI=1S/C18H23N3/c1-18(2,3)14-9-7-12(8-10-14)17-20-15-6-4-5-13(11-19)16(15)21-17/h4-6,12,14H,7-10H2,1-3H3,(H,20,21). The van der Waals surface area contributed by atoms with Gasteiger partial charge in [-0.2, -0.15) is 5.26 Å². The molecule has 0 aliphatic heterocycles. The second-order valence-electron chi connectivity index (χ2n) is 7.35. The van der Waals surface area contributed by atoms with Gasteiger partial charge in [-0.1, -0.05) is 26.8 Å². The number of hydrogen-bond acceptors (Lipinski definition) is 2. The third kappa shape index (κ3) is 2.68. The van der Waals surface area contributed by atoms with Crippen LogP contribution in [-0.4, -0.2) is 9.97 Å². The topological polar surface area (TPSA) is 52.5 Å². The Morgan fingerprint density at radius 1 is 1.19 bits per heavy atom. The Kier molecular flexibility index (Phi) is 3.49. The highest BCUT2D eigenvalue weighted by atomic mass is 14.9. The second kappa shape index (κ2) is 5.18. The van der Waals surface area contributed by atoms with Crippen molar-refractivity contribution < 1.29 is 0 Å². The first-order valence-electron chi connectivity index (χ1n) is 7.88. The molecule has 0 unspecified atom stereocenters. The van der Waals surface area contributed by atoms with Crippen molar-refractivity contribution in [1.82, 2.24) is 9.97 Å². The van der Waals surface area contributed by atoms with E-state index in [4.69, 9.17) is 4.98 Å². The van der Waals surface area contributed by atoms with Crippen molar-refractivity contribution in [3.05, 3.63) is 29.6 Å². The molecule has 0 spiro atoms. The summed E-state index contributed by atoms with van der Waals surface area (Å²) in [5, 5.41) is 9.18. The SMILES string of the molecule is CC(C)(C)C1CCC(c2nc3c(C#N)cccc3[nH]2)CC1. The average molecular weight is 281 g/mol. The summed E-state index contributed by atoms with van der Waals surface area (Å²) in [7, 11) is 0. The molecule has 0 atom stereocenters. The Bertz CT molecular complexity index is 677. The molecule has 1 heterocycles. The molecule has 1 aliphatic carbocycles. The Morgan fingerprint density at radius 3 is 2.52 bits per heavy atom. The van der Waals surface area contributed by atoms with Crippen LogP contribution in [0.5, 0.6) is 0 Å². The maximum absolute atomic E-state index is 9.18. The van der Waals surface area contributed by atoms with Gasteiger partial charge < -0.3 is 4.98 Å². The molecule has 3 heteroatoms. The number of nitrogens with one attached hydrogen (secondary N) is 1. The van der Waals surface area contributed by atoms with E-state index in [-0.39, 0.29) is 0 Å². The van der Waals surface area contributed by atoms with Crippen LogP contribution in [0.4, 0.5) is 0 Å².